The van der Waals surface area contributed by atoms with Gasteiger partial charge in [0.15, 0.2) is 0 Å². The van der Waals surface area contributed by atoms with Crippen molar-refractivity contribution in [3.8, 4) is 11.5 Å². The fourth-order valence-electron chi connectivity index (χ4n) is 3.42. The first kappa shape index (κ1) is 21.4. The lowest BCUT2D eigenvalue weighted by Crippen LogP contribution is -2.41. The van der Waals surface area contributed by atoms with Crippen LogP contribution in [0.1, 0.15) is 45.1 Å². The van der Waals surface area contributed by atoms with Crippen LogP contribution in [0.4, 0.5) is 16.2 Å². The monoisotopic (exact) mass is 413 g/mol. The average molecular weight is 413 g/mol. The lowest BCUT2D eigenvalue weighted by Gasteiger charge is -2.33. The van der Waals surface area contributed by atoms with E-state index in [0.717, 1.165) is 18.4 Å². The maximum Gasteiger partial charge on any atom is 0.410 e. The number of anilines is 1. The van der Waals surface area contributed by atoms with Gasteiger partial charge in [0.2, 0.25) is 5.75 Å². The summed E-state index contributed by atoms with van der Waals surface area (Å²) in [7, 11) is 0. The maximum absolute atomic E-state index is 12.2. The van der Waals surface area contributed by atoms with Gasteiger partial charge < -0.3 is 20.1 Å². The molecule has 0 saturated carbocycles. The van der Waals surface area contributed by atoms with E-state index < -0.39 is 10.5 Å². The number of likely N-dealkylation sites (tertiary alicyclic amines) is 1. The van der Waals surface area contributed by atoms with Gasteiger partial charge in [0.25, 0.3) is 0 Å². The van der Waals surface area contributed by atoms with Crippen LogP contribution in [0, 0.1) is 10.1 Å². The van der Waals surface area contributed by atoms with Gasteiger partial charge in [-0.3, -0.25) is 10.1 Å². The zero-order valence-corrected chi connectivity index (χ0v) is 17.5. The number of nitro groups is 1. The number of nitrogens with two attached hydrogens (primary N) is 1. The summed E-state index contributed by atoms with van der Waals surface area (Å²) in [5.41, 5.74) is 6.63. The smallest absolute Gasteiger partial charge is 0.410 e. The molecular weight excluding hydrogens is 386 g/mol. The van der Waals surface area contributed by atoms with E-state index in [-0.39, 0.29) is 17.5 Å². The zero-order valence-electron chi connectivity index (χ0n) is 17.5. The van der Waals surface area contributed by atoms with E-state index in [1.54, 1.807) is 17.0 Å². The number of rotatable bonds is 4. The Labute approximate surface area is 175 Å². The number of carbonyl (C=O) groups excluding carboxylic acids is 1. The lowest BCUT2D eigenvalue weighted by atomic mass is 9.89. The van der Waals surface area contributed by atoms with Crippen molar-refractivity contribution in [1.82, 2.24) is 4.90 Å². The number of ether oxygens (including phenoxy) is 2. The minimum atomic E-state index is -0.498. The average Bonchev–Trinajstić information content (AvgIpc) is 2.67. The van der Waals surface area contributed by atoms with Crippen molar-refractivity contribution in [2.45, 2.75) is 45.1 Å². The Bertz CT molecular complexity index is 913. The van der Waals surface area contributed by atoms with Crippen LogP contribution in [-0.2, 0) is 4.74 Å². The van der Waals surface area contributed by atoms with Gasteiger partial charge in [0, 0.05) is 30.9 Å². The third-order valence-electron chi connectivity index (χ3n) is 4.91. The molecule has 0 aromatic heterocycles. The highest BCUT2D eigenvalue weighted by Crippen LogP contribution is 2.35. The van der Waals surface area contributed by atoms with Crippen molar-refractivity contribution in [2.24, 2.45) is 0 Å². The maximum atomic E-state index is 12.2. The third kappa shape index (κ3) is 5.40. The quantitative estimate of drug-likeness (QED) is 0.425. The summed E-state index contributed by atoms with van der Waals surface area (Å²) in [5.74, 6) is 0.941. The van der Waals surface area contributed by atoms with E-state index in [9.17, 15) is 14.9 Å². The first-order chi connectivity index (χ1) is 14.1. The SMILES string of the molecule is CC(C)(C)OC(=O)N1CCC(c2ccc(Oc3cc(N)ccc3[N+](=O)[O-])cc2)CC1. The number of nitro benzene ring substituents is 1. The highest BCUT2D eigenvalue weighted by molar-refractivity contribution is 5.68. The molecule has 1 heterocycles. The summed E-state index contributed by atoms with van der Waals surface area (Å²) in [6.07, 6.45) is 1.42. The summed E-state index contributed by atoms with van der Waals surface area (Å²) in [6.45, 7) is 6.87. The molecule has 3 rings (SSSR count). The van der Waals surface area contributed by atoms with Crippen molar-refractivity contribution >= 4 is 17.5 Å². The van der Waals surface area contributed by atoms with Gasteiger partial charge in [-0.25, -0.2) is 4.79 Å². The van der Waals surface area contributed by atoms with Crippen LogP contribution < -0.4 is 10.5 Å². The summed E-state index contributed by atoms with van der Waals surface area (Å²) in [6, 6.07) is 11.8. The summed E-state index contributed by atoms with van der Waals surface area (Å²) < 4.78 is 11.1. The Kier molecular flexibility index (Phi) is 6.14. The van der Waals surface area contributed by atoms with Crippen LogP contribution in [0.3, 0.4) is 0 Å². The van der Waals surface area contributed by atoms with E-state index in [4.69, 9.17) is 15.2 Å². The number of piperidine rings is 1. The molecule has 0 unspecified atom stereocenters. The molecule has 1 amide bonds. The molecule has 0 bridgehead atoms. The Morgan fingerprint density at radius 3 is 2.33 bits per heavy atom. The number of amides is 1. The van der Waals surface area contributed by atoms with Crippen LogP contribution in [0.5, 0.6) is 11.5 Å². The second kappa shape index (κ2) is 8.61. The molecule has 8 nitrogen and oxygen atoms in total. The molecule has 1 aliphatic heterocycles. The molecule has 2 aromatic carbocycles. The molecular formula is C22H27N3O5. The Morgan fingerprint density at radius 2 is 1.77 bits per heavy atom. The van der Waals surface area contributed by atoms with E-state index in [2.05, 4.69) is 0 Å². The Hall–Kier alpha value is -3.29. The van der Waals surface area contributed by atoms with Gasteiger partial charge in [-0.2, -0.15) is 0 Å². The molecule has 0 spiro atoms. The number of hydrogen-bond donors (Lipinski definition) is 1. The number of hydrogen-bond acceptors (Lipinski definition) is 6. The molecule has 160 valence electrons. The molecule has 1 saturated heterocycles. The fraction of sp³-hybridized carbons (Fsp3) is 0.409. The predicted octanol–water partition coefficient (Wildman–Crippen LogP) is 5.08. The molecule has 1 aliphatic rings. The topological polar surface area (TPSA) is 108 Å². The van der Waals surface area contributed by atoms with Gasteiger partial charge in [-0.05, 0) is 63.3 Å². The van der Waals surface area contributed by atoms with Crippen LogP contribution in [-0.4, -0.2) is 34.6 Å². The van der Waals surface area contributed by atoms with E-state index >= 15 is 0 Å². The molecule has 0 aliphatic carbocycles. The fourth-order valence-corrected chi connectivity index (χ4v) is 3.42. The van der Waals surface area contributed by atoms with Crippen LogP contribution in [0.15, 0.2) is 42.5 Å². The van der Waals surface area contributed by atoms with Gasteiger partial charge in [-0.1, -0.05) is 12.1 Å². The minimum Gasteiger partial charge on any atom is -0.450 e. The third-order valence-corrected chi connectivity index (χ3v) is 4.91. The first-order valence-electron chi connectivity index (χ1n) is 9.92. The molecule has 0 atom stereocenters. The summed E-state index contributed by atoms with van der Waals surface area (Å²) in [5, 5.41) is 11.2. The van der Waals surface area contributed by atoms with Crippen LogP contribution >= 0.6 is 0 Å². The summed E-state index contributed by atoms with van der Waals surface area (Å²) >= 11 is 0. The molecule has 1 fully saturated rings. The number of carbonyl (C=O) groups is 1. The second-order valence-corrected chi connectivity index (χ2v) is 8.40. The lowest BCUT2D eigenvalue weighted by molar-refractivity contribution is -0.385. The Morgan fingerprint density at radius 1 is 1.13 bits per heavy atom. The van der Waals surface area contributed by atoms with E-state index in [0.29, 0.717) is 30.4 Å². The highest BCUT2D eigenvalue weighted by Gasteiger charge is 2.27. The molecule has 30 heavy (non-hydrogen) atoms. The highest BCUT2D eigenvalue weighted by atomic mass is 16.6. The molecule has 2 aromatic rings. The van der Waals surface area contributed by atoms with Crippen LogP contribution in [0.25, 0.3) is 0 Å². The van der Waals surface area contributed by atoms with Crippen molar-refractivity contribution in [3.63, 3.8) is 0 Å². The number of benzene rings is 2. The Balaban J connectivity index is 1.62. The minimum absolute atomic E-state index is 0.110. The van der Waals surface area contributed by atoms with E-state index in [1.165, 1.54) is 18.2 Å². The number of nitrogens with zero attached hydrogens (tertiary/aromatic N) is 2. The van der Waals surface area contributed by atoms with Crippen LogP contribution in [0.2, 0.25) is 0 Å². The molecule has 0 radical (unpaired) electrons. The van der Waals surface area contributed by atoms with Gasteiger partial charge >= 0.3 is 11.8 Å². The largest absolute Gasteiger partial charge is 0.450 e. The summed E-state index contributed by atoms with van der Waals surface area (Å²) in [4.78, 5) is 24.6. The second-order valence-electron chi connectivity index (χ2n) is 8.40. The normalized spacial score (nSPS) is 15.0. The molecule has 8 heteroatoms. The van der Waals surface area contributed by atoms with Crippen molar-refractivity contribution < 1.29 is 19.2 Å². The van der Waals surface area contributed by atoms with Crippen molar-refractivity contribution in [1.29, 1.82) is 0 Å². The molecule has 2 N–H and O–H groups in total. The van der Waals surface area contributed by atoms with Crippen molar-refractivity contribution in [3.05, 3.63) is 58.1 Å². The van der Waals surface area contributed by atoms with Crippen molar-refractivity contribution in [2.75, 3.05) is 18.8 Å². The standard InChI is InChI=1S/C22H27N3O5/c1-22(2,3)30-21(26)24-12-10-16(11-13-24)15-4-7-18(8-5-15)29-20-14-17(23)6-9-19(20)25(27)28/h4-9,14,16H,10-13,23H2,1-3H3. The van der Waals surface area contributed by atoms with E-state index in [1.807, 2.05) is 32.9 Å². The van der Waals surface area contributed by atoms with Gasteiger partial charge in [0.1, 0.15) is 11.4 Å². The first-order valence-corrected chi connectivity index (χ1v) is 9.92. The van der Waals surface area contributed by atoms with Gasteiger partial charge in [0.05, 0.1) is 4.92 Å². The van der Waals surface area contributed by atoms with Gasteiger partial charge in [-0.15, -0.1) is 0 Å². The number of nitrogen functional groups attached to an aromatic ring is 1. The zero-order chi connectivity index (χ0) is 21.9. The predicted molar refractivity (Wildman–Crippen MR) is 114 cm³/mol.